The van der Waals surface area contributed by atoms with Crippen LogP contribution < -0.4 is 4.74 Å². The lowest BCUT2D eigenvalue weighted by molar-refractivity contribution is 0.322. The normalized spacial score (nSPS) is 10.5. The predicted octanol–water partition coefficient (Wildman–Crippen LogP) is 2.08. The molecule has 0 atom stereocenters. The number of aromatic nitrogens is 2. The molecule has 1 N–H and O–H groups in total. The van der Waals surface area contributed by atoms with Gasteiger partial charge < -0.3 is 9.94 Å². The third kappa shape index (κ3) is 2.54. The molecular formula is C11H9N3O2. The Morgan fingerprint density at radius 1 is 1.12 bits per heavy atom. The van der Waals surface area contributed by atoms with Gasteiger partial charge in [-0.05, 0) is 35.9 Å². The summed E-state index contributed by atoms with van der Waals surface area (Å²) >= 11 is 0. The first-order valence-electron chi connectivity index (χ1n) is 4.61. The van der Waals surface area contributed by atoms with Crippen molar-refractivity contribution in [1.82, 2.24) is 9.97 Å². The second-order valence-corrected chi connectivity index (χ2v) is 2.95. The van der Waals surface area contributed by atoms with Gasteiger partial charge in [-0.25, -0.2) is 9.97 Å². The Morgan fingerprint density at radius 3 is 2.44 bits per heavy atom. The molecule has 1 heterocycles. The molecule has 1 aromatic carbocycles. The summed E-state index contributed by atoms with van der Waals surface area (Å²) in [5.41, 5.74) is 0.781. The first-order chi connectivity index (χ1) is 7.88. The molecule has 0 amide bonds. The minimum Gasteiger partial charge on any atom is -0.424 e. The molecule has 0 bridgehead atoms. The van der Waals surface area contributed by atoms with Crippen molar-refractivity contribution in [3.8, 4) is 11.8 Å². The van der Waals surface area contributed by atoms with Crippen molar-refractivity contribution in [1.29, 1.82) is 0 Å². The first kappa shape index (κ1) is 10.1. The van der Waals surface area contributed by atoms with Gasteiger partial charge in [0.05, 0.1) is 6.21 Å². The largest absolute Gasteiger partial charge is 0.424 e. The maximum atomic E-state index is 8.34. The Morgan fingerprint density at radius 2 is 1.81 bits per heavy atom. The SMILES string of the molecule is O/N=C/c1ccc(Oc2ncccn2)cc1. The number of ether oxygens (including phenoxy) is 1. The minimum absolute atomic E-state index is 0.297. The van der Waals surface area contributed by atoms with E-state index in [1.54, 1.807) is 42.7 Å². The van der Waals surface area contributed by atoms with E-state index in [1.807, 2.05) is 0 Å². The Hall–Kier alpha value is -2.43. The van der Waals surface area contributed by atoms with Gasteiger partial charge in [-0.2, -0.15) is 0 Å². The van der Waals surface area contributed by atoms with Crippen molar-refractivity contribution in [2.24, 2.45) is 5.16 Å². The van der Waals surface area contributed by atoms with Crippen molar-refractivity contribution in [2.45, 2.75) is 0 Å². The third-order valence-electron chi connectivity index (χ3n) is 1.84. The van der Waals surface area contributed by atoms with Crippen LogP contribution in [0.5, 0.6) is 11.8 Å². The molecule has 0 spiro atoms. The lowest BCUT2D eigenvalue weighted by Gasteiger charge is -2.02. The fourth-order valence-corrected chi connectivity index (χ4v) is 1.13. The van der Waals surface area contributed by atoms with Gasteiger partial charge in [0.25, 0.3) is 0 Å². The standard InChI is InChI=1S/C11H9N3O2/c15-14-8-9-2-4-10(5-3-9)16-11-12-6-1-7-13-11/h1-8,15H/b14-8+. The number of nitrogens with zero attached hydrogens (tertiary/aromatic N) is 3. The summed E-state index contributed by atoms with van der Waals surface area (Å²) in [6.45, 7) is 0. The summed E-state index contributed by atoms with van der Waals surface area (Å²) in [6, 6.07) is 9.02. The highest BCUT2D eigenvalue weighted by molar-refractivity contribution is 5.79. The van der Waals surface area contributed by atoms with E-state index < -0.39 is 0 Å². The third-order valence-corrected chi connectivity index (χ3v) is 1.84. The van der Waals surface area contributed by atoms with Gasteiger partial charge in [-0.3, -0.25) is 0 Å². The molecule has 1 aromatic heterocycles. The van der Waals surface area contributed by atoms with Crippen molar-refractivity contribution < 1.29 is 9.94 Å². The molecule has 0 saturated heterocycles. The van der Waals surface area contributed by atoms with Crippen molar-refractivity contribution >= 4 is 6.21 Å². The molecule has 2 aromatic rings. The van der Waals surface area contributed by atoms with E-state index in [4.69, 9.17) is 9.94 Å². The molecule has 16 heavy (non-hydrogen) atoms. The summed E-state index contributed by atoms with van der Waals surface area (Å²) in [5, 5.41) is 11.3. The lowest BCUT2D eigenvalue weighted by atomic mass is 10.2. The van der Waals surface area contributed by atoms with Gasteiger partial charge in [-0.15, -0.1) is 0 Å². The molecule has 5 nitrogen and oxygen atoms in total. The van der Waals surface area contributed by atoms with Crippen LogP contribution in [-0.4, -0.2) is 21.4 Å². The maximum Gasteiger partial charge on any atom is 0.321 e. The molecule has 2 rings (SSSR count). The van der Waals surface area contributed by atoms with Crippen LogP contribution in [0.4, 0.5) is 0 Å². The Labute approximate surface area is 92.0 Å². The number of hydrogen-bond acceptors (Lipinski definition) is 5. The van der Waals surface area contributed by atoms with Gasteiger partial charge in [0, 0.05) is 12.4 Å². The van der Waals surface area contributed by atoms with Gasteiger partial charge in [-0.1, -0.05) is 5.16 Å². The number of oxime groups is 1. The van der Waals surface area contributed by atoms with Crippen molar-refractivity contribution in [2.75, 3.05) is 0 Å². The molecule has 0 aliphatic carbocycles. The second kappa shape index (κ2) is 4.88. The monoisotopic (exact) mass is 215 g/mol. The number of benzene rings is 1. The summed E-state index contributed by atoms with van der Waals surface area (Å²) in [5.74, 6) is 0.626. The summed E-state index contributed by atoms with van der Waals surface area (Å²) in [6.07, 6.45) is 4.55. The lowest BCUT2D eigenvalue weighted by Crippen LogP contribution is -1.90. The number of hydrogen-bond donors (Lipinski definition) is 1. The van der Waals surface area contributed by atoms with E-state index >= 15 is 0 Å². The molecule has 0 saturated carbocycles. The van der Waals surface area contributed by atoms with E-state index in [0.29, 0.717) is 11.8 Å². The fraction of sp³-hybridized carbons (Fsp3) is 0. The van der Waals surface area contributed by atoms with Gasteiger partial charge in [0.15, 0.2) is 0 Å². The molecule has 5 heteroatoms. The Bertz CT molecular complexity index is 468. The molecular weight excluding hydrogens is 206 g/mol. The van der Waals surface area contributed by atoms with Crippen LogP contribution in [0.1, 0.15) is 5.56 Å². The average Bonchev–Trinajstić information content (AvgIpc) is 2.33. The van der Waals surface area contributed by atoms with Crippen LogP contribution in [-0.2, 0) is 0 Å². The first-order valence-corrected chi connectivity index (χ1v) is 4.61. The van der Waals surface area contributed by atoms with Crippen LogP contribution in [0.15, 0.2) is 47.9 Å². The molecule has 0 unspecified atom stereocenters. The predicted molar refractivity (Wildman–Crippen MR) is 57.9 cm³/mol. The van der Waals surface area contributed by atoms with Crippen LogP contribution in [0.2, 0.25) is 0 Å². The highest BCUT2D eigenvalue weighted by atomic mass is 16.5. The van der Waals surface area contributed by atoms with E-state index in [0.717, 1.165) is 5.56 Å². The van der Waals surface area contributed by atoms with E-state index in [9.17, 15) is 0 Å². The van der Waals surface area contributed by atoms with Crippen LogP contribution in [0, 0.1) is 0 Å². The zero-order valence-electron chi connectivity index (χ0n) is 8.32. The number of rotatable bonds is 3. The molecule has 0 aliphatic heterocycles. The van der Waals surface area contributed by atoms with Crippen LogP contribution >= 0.6 is 0 Å². The van der Waals surface area contributed by atoms with E-state index in [2.05, 4.69) is 15.1 Å². The molecule has 80 valence electrons. The van der Waals surface area contributed by atoms with Crippen molar-refractivity contribution in [3.05, 3.63) is 48.3 Å². The topological polar surface area (TPSA) is 67.6 Å². The second-order valence-electron chi connectivity index (χ2n) is 2.95. The average molecular weight is 215 g/mol. The van der Waals surface area contributed by atoms with Gasteiger partial charge in [0.1, 0.15) is 5.75 Å². The smallest absolute Gasteiger partial charge is 0.321 e. The summed E-state index contributed by atoms with van der Waals surface area (Å²) in [7, 11) is 0. The van der Waals surface area contributed by atoms with Gasteiger partial charge >= 0.3 is 6.01 Å². The summed E-state index contributed by atoms with van der Waals surface area (Å²) < 4.78 is 5.38. The molecule has 0 aliphatic rings. The highest BCUT2D eigenvalue weighted by Gasteiger charge is 1.98. The minimum atomic E-state index is 0.297. The van der Waals surface area contributed by atoms with Crippen LogP contribution in [0.25, 0.3) is 0 Å². The van der Waals surface area contributed by atoms with E-state index in [-0.39, 0.29) is 0 Å². The Kier molecular flexibility index (Phi) is 3.08. The molecule has 0 radical (unpaired) electrons. The quantitative estimate of drug-likeness (QED) is 0.483. The van der Waals surface area contributed by atoms with Crippen molar-refractivity contribution in [3.63, 3.8) is 0 Å². The maximum absolute atomic E-state index is 8.34. The van der Waals surface area contributed by atoms with E-state index in [1.165, 1.54) is 6.21 Å². The zero-order valence-corrected chi connectivity index (χ0v) is 8.32. The zero-order chi connectivity index (χ0) is 11.2. The Balaban J connectivity index is 2.11. The summed E-state index contributed by atoms with van der Waals surface area (Å²) in [4.78, 5) is 7.87. The van der Waals surface area contributed by atoms with Crippen LogP contribution in [0.3, 0.4) is 0 Å². The highest BCUT2D eigenvalue weighted by Crippen LogP contribution is 2.16. The fourth-order valence-electron chi connectivity index (χ4n) is 1.13. The van der Waals surface area contributed by atoms with Gasteiger partial charge in [0.2, 0.25) is 0 Å². The molecule has 0 fully saturated rings.